The molecule has 2 amide bonds. The van der Waals surface area contributed by atoms with E-state index in [2.05, 4.69) is 5.32 Å². The van der Waals surface area contributed by atoms with Gasteiger partial charge < -0.3 is 10.2 Å². The molecular formula is C30H35FN2O2S. The van der Waals surface area contributed by atoms with Crippen molar-refractivity contribution in [3.8, 4) is 0 Å². The van der Waals surface area contributed by atoms with Crippen molar-refractivity contribution in [3.63, 3.8) is 0 Å². The van der Waals surface area contributed by atoms with Crippen molar-refractivity contribution in [3.05, 3.63) is 101 Å². The quantitative estimate of drug-likeness (QED) is 0.299. The fourth-order valence-electron chi connectivity index (χ4n) is 3.84. The van der Waals surface area contributed by atoms with Crippen LogP contribution in [0, 0.1) is 12.7 Å². The van der Waals surface area contributed by atoms with E-state index < -0.39 is 6.04 Å². The zero-order valence-electron chi connectivity index (χ0n) is 21.2. The van der Waals surface area contributed by atoms with Gasteiger partial charge in [-0.15, -0.1) is 11.8 Å². The van der Waals surface area contributed by atoms with Gasteiger partial charge >= 0.3 is 0 Å². The van der Waals surface area contributed by atoms with Crippen LogP contribution < -0.4 is 5.32 Å². The number of hydrogen-bond donors (Lipinski definition) is 1. The van der Waals surface area contributed by atoms with Gasteiger partial charge in [0, 0.05) is 41.6 Å². The molecule has 4 nitrogen and oxygen atoms in total. The Morgan fingerprint density at radius 1 is 0.972 bits per heavy atom. The van der Waals surface area contributed by atoms with Crippen LogP contribution in [0.2, 0.25) is 0 Å². The summed E-state index contributed by atoms with van der Waals surface area (Å²) >= 11 is 1.60. The van der Waals surface area contributed by atoms with Crippen molar-refractivity contribution in [1.29, 1.82) is 0 Å². The van der Waals surface area contributed by atoms with E-state index in [-0.39, 0.29) is 36.6 Å². The SMILES string of the molecule is CC[C@H](C)NC(=O)[C@@H](Cc1ccccc1)N(Cc1ccccc1F)C(=O)CCSc1ccc(C)cc1. The minimum Gasteiger partial charge on any atom is -0.352 e. The number of carbonyl (C=O) groups is 2. The minimum atomic E-state index is -0.752. The maximum absolute atomic E-state index is 14.6. The Balaban J connectivity index is 1.86. The third kappa shape index (κ3) is 8.23. The average Bonchev–Trinajstić information content (AvgIpc) is 2.88. The number of carbonyl (C=O) groups excluding carboxylic acids is 2. The molecule has 0 saturated heterocycles. The Bertz CT molecular complexity index is 1120. The summed E-state index contributed by atoms with van der Waals surface area (Å²) in [6, 6.07) is 23.5. The molecule has 0 spiro atoms. The predicted octanol–water partition coefficient (Wildman–Crippen LogP) is 6.17. The molecule has 0 aliphatic carbocycles. The van der Waals surface area contributed by atoms with E-state index in [9.17, 15) is 14.0 Å². The van der Waals surface area contributed by atoms with Crippen LogP contribution in [0.4, 0.5) is 4.39 Å². The van der Waals surface area contributed by atoms with E-state index in [1.54, 1.807) is 34.9 Å². The lowest BCUT2D eigenvalue weighted by Crippen LogP contribution is -2.52. The van der Waals surface area contributed by atoms with Crippen molar-refractivity contribution in [2.75, 3.05) is 5.75 Å². The Kier molecular flexibility index (Phi) is 10.6. The molecule has 0 bridgehead atoms. The first-order chi connectivity index (χ1) is 17.4. The summed E-state index contributed by atoms with van der Waals surface area (Å²) in [5, 5.41) is 3.04. The van der Waals surface area contributed by atoms with E-state index in [0.29, 0.717) is 17.7 Å². The van der Waals surface area contributed by atoms with Gasteiger partial charge in [-0.25, -0.2) is 4.39 Å². The molecule has 0 saturated carbocycles. The molecule has 0 aliphatic rings. The molecule has 3 aromatic rings. The monoisotopic (exact) mass is 506 g/mol. The number of rotatable bonds is 12. The smallest absolute Gasteiger partial charge is 0.243 e. The van der Waals surface area contributed by atoms with Crippen LogP contribution in [0.25, 0.3) is 0 Å². The summed E-state index contributed by atoms with van der Waals surface area (Å²) in [5.74, 6) is -0.201. The molecule has 1 N–H and O–H groups in total. The summed E-state index contributed by atoms with van der Waals surface area (Å²) in [6.07, 6.45) is 1.38. The highest BCUT2D eigenvalue weighted by Crippen LogP contribution is 2.22. The standard InChI is InChI=1S/C30H35FN2O2S/c1-4-23(3)32-30(35)28(20-24-10-6-5-7-11-24)33(21-25-12-8-9-13-27(25)31)29(34)18-19-36-26-16-14-22(2)15-17-26/h5-17,23,28H,4,18-21H2,1-3H3,(H,32,35)/t23-,28+/m0/s1. The van der Waals surface area contributed by atoms with E-state index in [1.165, 1.54) is 11.6 Å². The zero-order chi connectivity index (χ0) is 25.9. The Morgan fingerprint density at radius 2 is 1.64 bits per heavy atom. The number of thioether (sulfide) groups is 1. The summed E-state index contributed by atoms with van der Waals surface area (Å²) in [6.45, 7) is 6.02. The normalized spacial score (nSPS) is 12.6. The van der Waals surface area contributed by atoms with Crippen LogP contribution in [0.5, 0.6) is 0 Å². The molecule has 0 heterocycles. The van der Waals surface area contributed by atoms with Crippen LogP contribution in [0.1, 0.15) is 43.4 Å². The van der Waals surface area contributed by atoms with Gasteiger partial charge in [0.15, 0.2) is 0 Å². The van der Waals surface area contributed by atoms with Crippen LogP contribution in [-0.2, 0) is 22.6 Å². The van der Waals surface area contributed by atoms with Crippen molar-refractivity contribution in [2.45, 2.75) is 63.6 Å². The van der Waals surface area contributed by atoms with E-state index >= 15 is 0 Å². The minimum absolute atomic E-state index is 0.0294. The summed E-state index contributed by atoms with van der Waals surface area (Å²) < 4.78 is 14.6. The highest BCUT2D eigenvalue weighted by Gasteiger charge is 2.31. The maximum Gasteiger partial charge on any atom is 0.243 e. The van der Waals surface area contributed by atoms with Gasteiger partial charge in [-0.3, -0.25) is 9.59 Å². The fourth-order valence-corrected chi connectivity index (χ4v) is 4.68. The molecule has 190 valence electrons. The fraction of sp³-hybridized carbons (Fsp3) is 0.333. The van der Waals surface area contributed by atoms with E-state index in [1.807, 2.05) is 75.4 Å². The molecule has 0 radical (unpaired) electrons. The van der Waals surface area contributed by atoms with Crippen LogP contribution in [0.3, 0.4) is 0 Å². The summed E-state index contributed by atoms with van der Waals surface area (Å²) in [4.78, 5) is 29.7. The lowest BCUT2D eigenvalue weighted by atomic mass is 10.0. The summed E-state index contributed by atoms with van der Waals surface area (Å²) in [5.41, 5.74) is 2.52. The molecule has 0 aromatic heterocycles. The Hall–Kier alpha value is -3.12. The van der Waals surface area contributed by atoms with Gasteiger partial charge in [0.05, 0.1) is 0 Å². The zero-order valence-corrected chi connectivity index (χ0v) is 22.1. The van der Waals surface area contributed by atoms with Gasteiger partial charge in [0.1, 0.15) is 11.9 Å². The second kappa shape index (κ2) is 13.8. The van der Waals surface area contributed by atoms with Crippen LogP contribution in [0.15, 0.2) is 83.8 Å². The molecule has 3 rings (SSSR count). The average molecular weight is 507 g/mol. The molecule has 0 fully saturated rings. The topological polar surface area (TPSA) is 49.4 Å². The summed E-state index contributed by atoms with van der Waals surface area (Å²) in [7, 11) is 0. The number of aryl methyl sites for hydroxylation is 1. The van der Waals surface area contributed by atoms with Crippen molar-refractivity contribution >= 4 is 23.6 Å². The number of amides is 2. The Morgan fingerprint density at radius 3 is 2.31 bits per heavy atom. The van der Waals surface area contributed by atoms with Crippen molar-refractivity contribution < 1.29 is 14.0 Å². The molecular weight excluding hydrogens is 471 g/mol. The number of nitrogens with zero attached hydrogens (tertiary/aromatic N) is 1. The third-order valence-corrected chi connectivity index (χ3v) is 7.19. The first-order valence-electron chi connectivity index (χ1n) is 12.4. The molecule has 0 aliphatic heterocycles. The maximum atomic E-state index is 14.6. The molecule has 2 atom stereocenters. The molecule has 6 heteroatoms. The van der Waals surface area contributed by atoms with Gasteiger partial charge in [0.2, 0.25) is 11.8 Å². The van der Waals surface area contributed by atoms with Crippen molar-refractivity contribution in [2.24, 2.45) is 0 Å². The lowest BCUT2D eigenvalue weighted by Gasteiger charge is -2.32. The lowest BCUT2D eigenvalue weighted by molar-refractivity contribution is -0.141. The number of benzene rings is 3. The number of nitrogens with one attached hydrogen (secondary N) is 1. The van der Waals surface area contributed by atoms with Crippen molar-refractivity contribution in [1.82, 2.24) is 10.2 Å². The molecule has 0 unspecified atom stereocenters. The molecule has 3 aromatic carbocycles. The second-order valence-electron chi connectivity index (χ2n) is 9.05. The van der Waals surface area contributed by atoms with Crippen LogP contribution in [-0.4, -0.2) is 34.6 Å². The van der Waals surface area contributed by atoms with E-state index in [0.717, 1.165) is 16.9 Å². The largest absolute Gasteiger partial charge is 0.352 e. The van der Waals surface area contributed by atoms with Gasteiger partial charge in [-0.05, 0) is 44.0 Å². The van der Waals surface area contributed by atoms with Gasteiger partial charge in [0.25, 0.3) is 0 Å². The third-order valence-electron chi connectivity index (χ3n) is 6.18. The second-order valence-corrected chi connectivity index (χ2v) is 10.2. The van der Waals surface area contributed by atoms with Gasteiger partial charge in [-0.1, -0.05) is 73.2 Å². The van der Waals surface area contributed by atoms with E-state index in [4.69, 9.17) is 0 Å². The number of halogens is 1. The van der Waals surface area contributed by atoms with Gasteiger partial charge in [-0.2, -0.15) is 0 Å². The first kappa shape index (κ1) is 27.5. The highest BCUT2D eigenvalue weighted by molar-refractivity contribution is 7.99. The highest BCUT2D eigenvalue weighted by atomic mass is 32.2. The predicted molar refractivity (Wildman–Crippen MR) is 145 cm³/mol. The van der Waals surface area contributed by atoms with Crippen LogP contribution >= 0.6 is 11.8 Å². The number of hydrogen-bond acceptors (Lipinski definition) is 3. The molecule has 36 heavy (non-hydrogen) atoms. The Labute approximate surface area is 218 Å². The first-order valence-corrected chi connectivity index (χ1v) is 13.4.